The third-order valence-corrected chi connectivity index (χ3v) is 5.11. The second kappa shape index (κ2) is 5.83. The standard InChI is InChI=1S/C17H16N4O2S/c1-10-9-14(22)21(17(10)23)20-15-11-5-2-3-6-12(11)18-16(19-15)13-7-4-8-24-13/h4,7-9H,2-3,5-6H2,1H3,(H,18,19,20). The molecule has 122 valence electrons. The number of nitrogens with zero attached hydrogens (tertiary/aromatic N) is 3. The van der Waals surface area contributed by atoms with E-state index in [4.69, 9.17) is 4.98 Å². The fourth-order valence-corrected chi connectivity index (χ4v) is 3.66. The van der Waals surface area contributed by atoms with Gasteiger partial charge < -0.3 is 0 Å². The van der Waals surface area contributed by atoms with Crippen molar-refractivity contribution in [3.63, 3.8) is 0 Å². The van der Waals surface area contributed by atoms with E-state index >= 15 is 0 Å². The van der Waals surface area contributed by atoms with E-state index in [1.165, 1.54) is 6.08 Å². The molecule has 1 N–H and O–H groups in total. The Kier molecular flexibility index (Phi) is 3.65. The van der Waals surface area contributed by atoms with Crippen molar-refractivity contribution in [1.29, 1.82) is 0 Å². The van der Waals surface area contributed by atoms with Gasteiger partial charge in [0, 0.05) is 22.9 Å². The van der Waals surface area contributed by atoms with Gasteiger partial charge in [0.2, 0.25) is 0 Å². The minimum absolute atomic E-state index is 0.333. The van der Waals surface area contributed by atoms with Crippen molar-refractivity contribution in [2.75, 3.05) is 5.43 Å². The summed E-state index contributed by atoms with van der Waals surface area (Å²) in [6.07, 6.45) is 5.23. The van der Waals surface area contributed by atoms with Crippen molar-refractivity contribution < 1.29 is 9.59 Å². The molecule has 0 fully saturated rings. The van der Waals surface area contributed by atoms with Gasteiger partial charge in [0.1, 0.15) is 0 Å². The van der Waals surface area contributed by atoms with Gasteiger partial charge in [-0.1, -0.05) is 6.07 Å². The Balaban J connectivity index is 1.75. The minimum atomic E-state index is -0.363. The molecule has 2 aromatic rings. The maximum absolute atomic E-state index is 12.1. The summed E-state index contributed by atoms with van der Waals surface area (Å²) in [5, 5.41) is 3.01. The van der Waals surface area contributed by atoms with E-state index in [1.807, 2.05) is 17.5 Å². The minimum Gasteiger partial charge on any atom is -0.271 e. The fourth-order valence-electron chi connectivity index (χ4n) is 3.00. The molecule has 7 heteroatoms. The number of amides is 2. The van der Waals surface area contributed by atoms with Crippen LogP contribution in [0.3, 0.4) is 0 Å². The second-order valence-electron chi connectivity index (χ2n) is 5.92. The zero-order chi connectivity index (χ0) is 16.7. The average Bonchev–Trinajstić information content (AvgIpc) is 3.20. The fraction of sp³-hybridized carbons (Fsp3) is 0.294. The summed E-state index contributed by atoms with van der Waals surface area (Å²) in [4.78, 5) is 34.4. The first-order chi connectivity index (χ1) is 11.6. The van der Waals surface area contributed by atoms with Crippen molar-refractivity contribution in [1.82, 2.24) is 15.0 Å². The molecule has 2 amide bonds. The average molecular weight is 340 g/mol. The van der Waals surface area contributed by atoms with E-state index in [-0.39, 0.29) is 11.8 Å². The maximum atomic E-state index is 12.1. The number of hydrogen-bond acceptors (Lipinski definition) is 6. The van der Waals surface area contributed by atoms with Crippen LogP contribution in [-0.4, -0.2) is 26.8 Å². The van der Waals surface area contributed by atoms with Crippen LogP contribution in [0, 0.1) is 0 Å². The Hall–Kier alpha value is -2.54. The number of imide groups is 1. The van der Waals surface area contributed by atoms with Gasteiger partial charge in [-0.25, -0.2) is 9.97 Å². The number of nitrogens with one attached hydrogen (secondary N) is 1. The molecule has 2 aromatic heterocycles. The molecule has 6 nitrogen and oxygen atoms in total. The van der Waals surface area contributed by atoms with E-state index in [0.717, 1.165) is 46.8 Å². The van der Waals surface area contributed by atoms with E-state index < -0.39 is 0 Å². The Morgan fingerprint density at radius 1 is 1.21 bits per heavy atom. The van der Waals surface area contributed by atoms with Gasteiger partial charge in [0.05, 0.1) is 4.88 Å². The van der Waals surface area contributed by atoms with Gasteiger partial charge in [0.25, 0.3) is 11.8 Å². The van der Waals surface area contributed by atoms with Gasteiger partial charge in [-0.05, 0) is 44.1 Å². The van der Waals surface area contributed by atoms with Crippen LogP contribution in [0.1, 0.15) is 31.0 Å². The van der Waals surface area contributed by atoms with Crippen LogP contribution in [0.15, 0.2) is 29.2 Å². The highest BCUT2D eigenvalue weighted by atomic mass is 32.1. The maximum Gasteiger partial charge on any atom is 0.275 e. The van der Waals surface area contributed by atoms with Crippen LogP contribution in [0.5, 0.6) is 0 Å². The molecule has 3 heterocycles. The van der Waals surface area contributed by atoms with Crippen LogP contribution < -0.4 is 5.43 Å². The summed E-state index contributed by atoms with van der Waals surface area (Å²) in [6, 6.07) is 3.92. The van der Waals surface area contributed by atoms with Gasteiger partial charge in [-0.3, -0.25) is 15.0 Å². The summed E-state index contributed by atoms with van der Waals surface area (Å²) >= 11 is 1.57. The Morgan fingerprint density at radius 3 is 2.75 bits per heavy atom. The predicted molar refractivity (Wildman–Crippen MR) is 91.2 cm³/mol. The lowest BCUT2D eigenvalue weighted by atomic mass is 9.96. The highest BCUT2D eigenvalue weighted by Gasteiger charge is 2.30. The molecule has 0 saturated carbocycles. The van der Waals surface area contributed by atoms with Gasteiger partial charge in [0.15, 0.2) is 11.6 Å². The smallest absolute Gasteiger partial charge is 0.271 e. The number of hydrogen-bond donors (Lipinski definition) is 1. The number of aryl methyl sites for hydroxylation is 1. The predicted octanol–water partition coefficient (Wildman–Crippen LogP) is 2.73. The van der Waals surface area contributed by atoms with Crippen molar-refractivity contribution in [3.05, 3.63) is 40.4 Å². The summed E-state index contributed by atoms with van der Waals surface area (Å²) in [6.45, 7) is 1.63. The third kappa shape index (κ3) is 2.50. The lowest BCUT2D eigenvalue weighted by Crippen LogP contribution is -2.37. The molecular weight excluding hydrogens is 324 g/mol. The largest absolute Gasteiger partial charge is 0.275 e. The van der Waals surface area contributed by atoms with Crippen LogP contribution in [-0.2, 0) is 22.4 Å². The van der Waals surface area contributed by atoms with E-state index in [0.29, 0.717) is 17.2 Å². The van der Waals surface area contributed by atoms with Crippen molar-refractivity contribution in [3.8, 4) is 10.7 Å². The van der Waals surface area contributed by atoms with E-state index in [2.05, 4.69) is 10.4 Å². The first-order valence-corrected chi connectivity index (χ1v) is 8.78. The molecule has 24 heavy (non-hydrogen) atoms. The molecule has 0 bridgehead atoms. The number of hydrazine groups is 1. The zero-order valence-electron chi connectivity index (χ0n) is 13.2. The molecule has 1 aliphatic heterocycles. The summed E-state index contributed by atoms with van der Waals surface area (Å²) < 4.78 is 0. The van der Waals surface area contributed by atoms with Crippen molar-refractivity contribution in [2.24, 2.45) is 0 Å². The number of aromatic nitrogens is 2. The van der Waals surface area contributed by atoms with Gasteiger partial charge >= 0.3 is 0 Å². The lowest BCUT2D eigenvalue weighted by molar-refractivity contribution is -0.135. The molecule has 0 atom stereocenters. The quantitative estimate of drug-likeness (QED) is 0.870. The monoisotopic (exact) mass is 340 g/mol. The summed E-state index contributed by atoms with van der Waals surface area (Å²) in [5.74, 6) is 0.504. The Labute approximate surface area is 143 Å². The normalized spacial score (nSPS) is 17.0. The molecule has 4 rings (SSSR count). The molecule has 0 saturated heterocycles. The molecule has 0 spiro atoms. The summed E-state index contributed by atoms with van der Waals surface area (Å²) in [7, 11) is 0. The molecule has 0 aromatic carbocycles. The van der Waals surface area contributed by atoms with Crippen LogP contribution >= 0.6 is 11.3 Å². The molecule has 1 aliphatic carbocycles. The number of anilines is 1. The third-order valence-electron chi connectivity index (χ3n) is 4.24. The van der Waals surface area contributed by atoms with Crippen LogP contribution in [0.25, 0.3) is 10.7 Å². The number of thiophene rings is 1. The Bertz CT molecular complexity index is 858. The molecule has 0 unspecified atom stereocenters. The highest BCUT2D eigenvalue weighted by Crippen LogP contribution is 2.30. The molecular formula is C17H16N4O2S. The Morgan fingerprint density at radius 2 is 2.04 bits per heavy atom. The zero-order valence-corrected chi connectivity index (χ0v) is 14.0. The van der Waals surface area contributed by atoms with Gasteiger partial charge in [-0.15, -0.1) is 11.3 Å². The van der Waals surface area contributed by atoms with Crippen LogP contribution in [0.2, 0.25) is 0 Å². The molecule has 2 aliphatic rings. The SMILES string of the molecule is CC1=CC(=O)N(Nc2nc(-c3cccs3)nc3c2CCCC3)C1=O. The topological polar surface area (TPSA) is 75.2 Å². The van der Waals surface area contributed by atoms with E-state index in [1.54, 1.807) is 18.3 Å². The number of carbonyl (C=O) groups is 2. The van der Waals surface area contributed by atoms with Crippen LogP contribution in [0.4, 0.5) is 5.82 Å². The van der Waals surface area contributed by atoms with E-state index in [9.17, 15) is 9.59 Å². The first-order valence-electron chi connectivity index (χ1n) is 7.90. The number of rotatable bonds is 3. The number of carbonyl (C=O) groups excluding carboxylic acids is 2. The number of fused-ring (bicyclic) bond motifs is 1. The second-order valence-corrected chi connectivity index (χ2v) is 6.87. The highest BCUT2D eigenvalue weighted by molar-refractivity contribution is 7.13. The van der Waals surface area contributed by atoms with Crippen molar-refractivity contribution in [2.45, 2.75) is 32.6 Å². The summed E-state index contributed by atoms with van der Waals surface area (Å²) in [5.41, 5.74) is 5.37. The first kappa shape index (κ1) is 15.0. The van der Waals surface area contributed by atoms with Gasteiger partial charge in [-0.2, -0.15) is 5.01 Å². The lowest BCUT2D eigenvalue weighted by Gasteiger charge is -2.23. The van der Waals surface area contributed by atoms with Crippen molar-refractivity contribution >= 4 is 29.0 Å². The molecule has 0 radical (unpaired) electrons.